The number of halogens is 1. The molecule has 2 aromatic carbocycles. The molecule has 0 bridgehead atoms. The first-order chi connectivity index (χ1) is 14.9. The molecule has 6 nitrogen and oxygen atoms in total. The van der Waals surface area contributed by atoms with E-state index in [0.717, 1.165) is 38.2 Å². The minimum atomic E-state index is -0.0804. The third kappa shape index (κ3) is 7.06. The van der Waals surface area contributed by atoms with Gasteiger partial charge in [0, 0.05) is 26.2 Å². The number of amides is 2. The molecule has 1 fully saturated rings. The average molecular weight is 443 g/mol. The molecule has 1 heterocycles. The smallest absolute Gasteiger partial charge is 0.238 e. The van der Waals surface area contributed by atoms with Crippen LogP contribution in [0.4, 0.5) is 5.69 Å². The number of hydrogen-bond acceptors (Lipinski definition) is 4. The van der Waals surface area contributed by atoms with E-state index in [4.69, 9.17) is 11.6 Å². The van der Waals surface area contributed by atoms with Gasteiger partial charge >= 0.3 is 0 Å². The number of para-hydroxylation sites is 1. The van der Waals surface area contributed by atoms with Gasteiger partial charge in [-0.15, -0.1) is 0 Å². The molecule has 1 saturated heterocycles. The van der Waals surface area contributed by atoms with Crippen LogP contribution in [0.5, 0.6) is 0 Å². The molecule has 166 valence electrons. The largest absolute Gasteiger partial charge is 0.348 e. The van der Waals surface area contributed by atoms with Gasteiger partial charge in [0.05, 0.1) is 29.8 Å². The molecule has 1 aliphatic heterocycles. The molecule has 2 amide bonds. The maximum Gasteiger partial charge on any atom is 0.238 e. The van der Waals surface area contributed by atoms with Gasteiger partial charge in [-0.2, -0.15) is 0 Å². The van der Waals surface area contributed by atoms with Crippen LogP contribution in [0.1, 0.15) is 30.5 Å². The number of aryl methyl sites for hydroxylation is 1. The molecular formula is C24H31ClN4O2. The van der Waals surface area contributed by atoms with Crippen LogP contribution in [0.3, 0.4) is 0 Å². The molecule has 3 rings (SSSR count). The highest BCUT2D eigenvalue weighted by molar-refractivity contribution is 6.33. The van der Waals surface area contributed by atoms with Gasteiger partial charge in [0.1, 0.15) is 0 Å². The fourth-order valence-corrected chi connectivity index (χ4v) is 3.91. The molecule has 0 saturated carbocycles. The predicted octanol–water partition coefficient (Wildman–Crippen LogP) is 3.47. The summed E-state index contributed by atoms with van der Waals surface area (Å²) in [5.41, 5.74) is 2.97. The zero-order valence-electron chi connectivity index (χ0n) is 18.2. The van der Waals surface area contributed by atoms with Crippen LogP contribution in [0.2, 0.25) is 5.02 Å². The van der Waals surface area contributed by atoms with E-state index in [-0.39, 0.29) is 17.9 Å². The van der Waals surface area contributed by atoms with Gasteiger partial charge < -0.3 is 10.6 Å². The van der Waals surface area contributed by atoms with E-state index in [1.165, 1.54) is 5.56 Å². The number of carbonyl (C=O) groups is 2. The maximum atomic E-state index is 12.6. The molecule has 2 N–H and O–H groups in total. The molecule has 0 radical (unpaired) electrons. The van der Waals surface area contributed by atoms with E-state index in [9.17, 15) is 9.59 Å². The van der Waals surface area contributed by atoms with Crippen LogP contribution in [-0.4, -0.2) is 60.9 Å². The fraction of sp³-hybridized carbons (Fsp3) is 0.417. The first kappa shape index (κ1) is 23.3. The standard InChI is InChI=1S/C24H31ClN4O2/c1-3-21(19-10-8-18(2)9-11-19)26-23(30)16-28-12-14-29(15-13-28)17-24(31)27-22-7-5-4-6-20(22)25/h4-11,21H,3,12-17H2,1-2H3,(H,26,30)(H,27,31). The molecule has 0 aliphatic carbocycles. The minimum absolute atomic E-state index is 0.0305. The van der Waals surface area contributed by atoms with Crippen molar-refractivity contribution in [1.29, 1.82) is 0 Å². The highest BCUT2D eigenvalue weighted by Gasteiger charge is 2.22. The summed E-state index contributed by atoms with van der Waals surface area (Å²) in [5.74, 6) is -0.0412. The van der Waals surface area contributed by atoms with E-state index in [2.05, 4.69) is 58.5 Å². The van der Waals surface area contributed by atoms with Crippen molar-refractivity contribution in [2.24, 2.45) is 0 Å². The molecular weight excluding hydrogens is 412 g/mol. The minimum Gasteiger partial charge on any atom is -0.348 e. The third-order valence-corrected chi connectivity index (χ3v) is 5.90. The van der Waals surface area contributed by atoms with E-state index < -0.39 is 0 Å². The quantitative estimate of drug-likeness (QED) is 0.657. The van der Waals surface area contributed by atoms with Gasteiger partial charge in [0.25, 0.3) is 0 Å². The summed E-state index contributed by atoms with van der Waals surface area (Å²) >= 11 is 6.10. The number of nitrogens with zero attached hydrogens (tertiary/aromatic N) is 2. The Morgan fingerprint density at radius 1 is 0.935 bits per heavy atom. The summed E-state index contributed by atoms with van der Waals surface area (Å²) in [6, 6.07) is 15.6. The predicted molar refractivity (Wildman–Crippen MR) is 125 cm³/mol. The van der Waals surface area contributed by atoms with Crippen LogP contribution >= 0.6 is 11.6 Å². The maximum absolute atomic E-state index is 12.6. The Labute approximate surface area is 189 Å². The molecule has 1 unspecified atom stereocenters. The zero-order chi connectivity index (χ0) is 22.2. The van der Waals surface area contributed by atoms with Crippen molar-refractivity contribution in [3.63, 3.8) is 0 Å². The summed E-state index contributed by atoms with van der Waals surface area (Å²) in [5, 5.41) is 6.54. The Balaban J connectivity index is 1.41. The van der Waals surface area contributed by atoms with Gasteiger partial charge in [0.2, 0.25) is 11.8 Å². The molecule has 0 aromatic heterocycles. The van der Waals surface area contributed by atoms with Crippen LogP contribution in [0, 0.1) is 6.92 Å². The molecule has 0 spiro atoms. The SMILES string of the molecule is CCC(NC(=O)CN1CCN(CC(=O)Nc2ccccc2Cl)CC1)c1ccc(C)cc1. The van der Waals surface area contributed by atoms with Crippen molar-refractivity contribution in [2.75, 3.05) is 44.6 Å². The van der Waals surface area contributed by atoms with Gasteiger partial charge in [0.15, 0.2) is 0 Å². The highest BCUT2D eigenvalue weighted by atomic mass is 35.5. The molecule has 1 atom stereocenters. The Kier molecular flexibility index (Phi) is 8.46. The molecule has 2 aromatic rings. The van der Waals surface area contributed by atoms with Gasteiger partial charge in [-0.25, -0.2) is 0 Å². The van der Waals surface area contributed by atoms with Crippen molar-refractivity contribution < 1.29 is 9.59 Å². The Bertz CT molecular complexity index is 879. The normalized spacial score (nSPS) is 16.0. The second kappa shape index (κ2) is 11.3. The van der Waals surface area contributed by atoms with Crippen LogP contribution < -0.4 is 10.6 Å². The summed E-state index contributed by atoms with van der Waals surface area (Å²) in [6.45, 7) is 7.85. The van der Waals surface area contributed by atoms with Crippen LogP contribution in [0.15, 0.2) is 48.5 Å². The second-order valence-corrected chi connectivity index (χ2v) is 8.43. The third-order valence-electron chi connectivity index (χ3n) is 5.57. The Hall–Kier alpha value is -2.41. The monoisotopic (exact) mass is 442 g/mol. The van der Waals surface area contributed by atoms with Crippen molar-refractivity contribution in [2.45, 2.75) is 26.3 Å². The van der Waals surface area contributed by atoms with Crippen molar-refractivity contribution in [3.8, 4) is 0 Å². The van der Waals surface area contributed by atoms with Crippen molar-refractivity contribution in [1.82, 2.24) is 15.1 Å². The van der Waals surface area contributed by atoms with Crippen molar-refractivity contribution in [3.05, 3.63) is 64.7 Å². The zero-order valence-corrected chi connectivity index (χ0v) is 19.0. The number of nitrogens with one attached hydrogen (secondary N) is 2. The van der Waals surface area contributed by atoms with Crippen LogP contribution in [0.25, 0.3) is 0 Å². The first-order valence-corrected chi connectivity index (χ1v) is 11.2. The van der Waals surface area contributed by atoms with Gasteiger partial charge in [-0.1, -0.05) is 60.5 Å². The lowest BCUT2D eigenvalue weighted by molar-refractivity contribution is -0.124. The summed E-state index contributed by atoms with van der Waals surface area (Å²) in [4.78, 5) is 29.1. The second-order valence-electron chi connectivity index (χ2n) is 8.02. The number of rotatable bonds is 8. The highest BCUT2D eigenvalue weighted by Crippen LogP contribution is 2.20. The summed E-state index contributed by atoms with van der Waals surface area (Å²) in [7, 11) is 0. The van der Waals surface area contributed by atoms with E-state index in [1.807, 2.05) is 12.1 Å². The van der Waals surface area contributed by atoms with E-state index in [1.54, 1.807) is 12.1 Å². The van der Waals surface area contributed by atoms with Gasteiger partial charge in [-0.05, 0) is 31.0 Å². The van der Waals surface area contributed by atoms with Crippen LogP contribution in [-0.2, 0) is 9.59 Å². The average Bonchev–Trinajstić information content (AvgIpc) is 2.76. The topological polar surface area (TPSA) is 64.7 Å². The Morgan fingerprint density at radius 2 is 1.52 bits per heavy atom. The first-order valence-electron chi connectivity index (χ1n) is 10.8. The lowest BCUT2D eigenvalue weighted by atomic mass is 10.0. The number of benzene rings is 2. The summed E-state index contributed by atoms with van der Waals surface area (Å²) in [6.07, 6.45) is 0.850. The molecule has 7 heteroatoms. The Morgan fingerprint density at radius 3 is 2.10 bits per heavy atom. The molecule has 31 heavy (non-hydrogen) atoms. The number of anilines is 1. The van der Waals surface area contributed by atoms with E-state index >= 15 is 0 Å². The fourth-order valence-electron chi connectivity index (χ4n) is 3.72. The number of carbonyl (C=O) groups excluding carboxylic acids is 2. The lowest BCUT2D eigenvalue weighted by Gasteiger charge is -2.34. The number of piperazine rings is 1. The van der Waals surface area contributed by atoms with Gasteiger partial charge in [-0.3, -0.25) is 19.4 Å². The number of hydrogen-bond donors (Lipinski definition) is 2. The lowest BCUT2D eigenvalue weighted by Crippen LogP contribution is -2.51. The molecule has 1 aliphatic rings. The summed E-state index contributed by atoms with van der Waals surface area (Å²) < 4.78 is 0. The van der Waals surface area contributed by atoms with Crippen molar-refractivity contribution >= 4 is 29.1 Å². The van der Waals surface area contributed by atoms with E-state index in [0.29, 0.717) is 23.8 Å².